The first-order valence-corrected chi connectivity index (χ1v) is 5.57. The Hall–Kier alpha value is -1.32. The topological polar surface area (TPSA) is 42.6 Å². The SMILES string of the molecule is OC1(c2cc3ccccc3o2)CCOCC1. The summed E-state index contributed by atoms with van der Waals surface area (Å²) in [5.74, 6) is 0.664. The van der Waals surface area contributed by atoms with Crippen LogP contribution in [0.2, 0.25) is 0 Å². The lowest BCUT2D eigenvalue weighted by atomic mass is 9.91. The molecule has 0 atom stereocenters. The molecule has 0 aliphatic carbocycles. The van der Waals surface area contributed by atoms with E-state index < -0.39 is 5.60 Å². The van der Waals surface area contributed by atoms with Gasteiger partial charge in [0.25, 0.3) is 0 Å². The number of hydrogen-bond donors (Lipinski definition) is 1. The van der Waals surface area contributed by atoms with Gasteiger partial charge in [0, 0.05) is 31.4 Å². The summed E-state index contributed by atoms with van der Waals surface area (Å²) in [6.45, 7) is 1.18. The largest absolute Gasteiger partial charge is 0.458 e. The highest BCUT2D eigenvalue weighted by Gasteiger charge is 2.35. The fraction of sp³-hybridized carbons (Fsp3) is 0.385. The van der Waals surface area contributed by atoms with Crippen LogP contribution in [0, 0.1) is 0 Å². The number of fused-ring (bicyclic) bond motifs is 1. The van der Waals surface area contributed by atoms with Crippen LogP contribution in [-0.2, 0) is 10.3 Å². The number of hydrogen-bond acceptors (Lipinski definition) is 3. The molecule has 1 saturated heterocycles. The van der Waals surface area contributed by atoms with Gasteiger partial charge in [-0.1, -0.05) is 18.2 Å². The molecule has 0 bridgehead atoms. The summed E-state index contributed by atoms with van der Waals surface area (Å²) in [5, 5.41) is 11.5. The molecule has 1 aromatic heterocycles. The Kier molecular flexibility index (Phi) is 2.23. The van der Waals surface area contributed by atoms with E-state index in [1.807, 2.05) is 30.3 Å². The van der Waals surface area contributed by atoms with Crippen LogP contribution in [0.15, 0.2) is 34.7 Å². The van der Waals surface area contributed by atoms with E-state index in [1.54, 1.807) is 0 Å². The van der Waals surface area contributed by atoms with E-state index in [2.05, 4.69) is 0 Å². The van der Waals surface area contributed by atoms with E-state index in [1.165, 1.54) is 0 Å². The van der Waals surface area contributed by atoms with Crippen molar-refractivity contribution in [3.63, 3.8) is 0 Å². The third kappa shape index (κ3) is 1.52. The van der Waals surface area contributed by atoms with Crippen molar-refractivity contribution in [2.24, 2.45) is 0 Å². The second-order valence-electron chi connectivity index (χ2n) is 4.29. The molecule has 0 radical (unpaired) electrons. The molecule has 16 heavy (non-hydrogen) atoms. The number of aliphatic hydroxyl groups is 1. The second kappa shape index (κ2) is 3.61. The lowest BCUT2D eigenvalue weighted by Crippen LogP contribution is -2.32. The monoisotopic (exact) mass is 218 g/mol. The molecule has 3 nitrogen and oxygen atoms in total. The first kappa shape index (κ1) is 9.87. The van der Waals surface area contributed by atoms with Gasteiger partial charge in [-0.3, -0.25) is 0 Å². The Morgan fingerprint density at radius 2 is 1.88 bits per heavy atom. The van der Waals surface area contributed by atoms with Gasteiger partial charge < -0.3 is 14.3 Å². The van der Waals surface area contributed by atoms with E-state index in [4.69, 9.17) is 9.15 Å². The fourth-order valence-corrected chi connectivity index (χ4v) is 2.17. The van der Waals surface area contributed by atoms with Crippen LogP contribution >= 0.6 is 0 Å². The Bertz CT molecular complexity index is 462. The number of benzene rings is 1. The zero-order chi connectivity index (χ0) is 11.0. The maximum atomic E-state index is 10.5. The number of para-hydroxylation sites is 1. The summed E-state index contributed by atoms with van der Waals surface area (Å²) in [6.07, 6.45) is 1.21. The van der Waals surface area contributed by atoms with Crippen molar-refractivity contribution in [2.45, 2.75) is 18.4 Å². The summed E-state index contributed by atoms with van der Waals surface area (Å²) >= 11 is 0. The van der Waals surface area contributed by atoms with Crippen LogP contribution in [0.1, 0.15) is 18.6 Å². The van der Waals surface area contributed by atoms with Crippen LogP contribution in [0.3, 0.4) is 0 Å². The average molecular weight is 218 g/mol. The van der Waals surface area contributed by atoms with Gasteiger partial charge in [0.1, 0.15) is 16.9 Å². The Balaban J connectivity index is 2.04. The molecule has 1 aliphatic heterocycles. The summed E-state index contributed by atoms with van der Waals surface area (Å²) in [4.78, 5) is 0. The molecule has 1 N–H and O–H groups in total. The third-order valence-electron chi connectivity index (χ3n) is 3.20. The Morgan fingerprint density at radius 3 is 2.62 bits per heavy atom. The Labute approximate surface area is 93.6 Å². The zero-order valence-electron chi connectivity index (χ0n) is 8.98. The van der Waals surface area contributed by atoms with Crippen molar-refractivity contribution in [3.05, 3.63) is 36.1 Å². The fourth-order valence-electron chi connectivity index (χ4n) is 2.17. The smallest absolute Gasteiger partial charge is 0.137 e. The van der Waals surface area contributed by atoms with Crippen molar-refractivity contribution in [2.75, 3.05) is 13.2 Å². The van der Waals surface area contributed by atoms with Gasteiger partial charge in [0.15, 0.2) is 0 Å². The van der Waals surface area contributed by atoms with E-state index in [9.17, 15) is 5.11 Å². The standard InChI is InChI=1S/C13H14O3/c14-13(5-7-15-8-6-13)12-9-10-3-1-2-4-11(10)16-12/h1-4,9,14H,5-8H2. The molecule has 0 saturated carbocycles. The molecule has 2 aromatic rings. The van der Waals surface area contributed by atoms with E-state index in [-0.39, 0.29) is 0 Å². The van der Waals surface area contributed by atoms with Crippen molar-refractivity contribution >= 4 is 11.0 Å². The lowest BCUT2D eigenvalue weighted by Gasteiger charge is -2.29. The van der Waals surface area contributed by atoms with E-state index >= 15 is 0 Å². The molecule has 3 rings (SSSR count). The van der Waals surface area contributed by atoms with E-state index in [0.29, 0.717) is 31.8 Å². The minimum atomic E-state index is -0.850. The highest BCUT2D eigenvalue weighted by Crippen LogP contribution is 2.35. The summed E-state index contributed by atoms with van der Waals surface area (Å²) in [5.41, 5.74) is -0.0190. The normalized spacial score (nSPS) is 20.1. The van der Waals surface area contributed by atoms with Gasteiger partial charge in [-0.2, -0.15) is 0 Å². The van der Waals surface area contributed by atoms with Gasteiger partial charge in [-0.25, -0.2) is 0 Å². The molecular weight excluding hydrogens is 204 g/mol. The first-order valence-electron chi connectivity index (χ1n) is 5.57. The van der Waals surface area contributed by atoms with Crippen LogP contribution in [-0.4, -0.2) is 18.3 Å². The van der Waals surface area contributed by atoms with Gasteiger partial charge in [0.05, 0.1) is 0 Å². The van der Waals surface area contributed by atoms with Gasteiger partial charge in [-0.05, 0) is 12.1 Å². The van der Waals surface area contributed by atoms with Crippen molar-refractivity contribution < 1.29 is 14.3 Å². The number of rotatable bonds is 1. The molecule has 0 spiro atoms. The molecule has 84 valence electrons. The highest BCUT2D eigenvalue weighted by molar-refractivity contribution is 5.77. The van der Waals surface area contributed by atoms with Crippen molar-refractivity contribution in [3.8, 4) is 0 Å². The predicted octanol–water partition coefficient (Wildman–Crippen LogP) is 2.43. The highest BCUT2D eigenvalue weighted by atomic mass is 16.5. The van der Waals surface area contributed by atoms with Crippen LogP contribution in [0.25, 0.3) is 11.0 Å². The molecule has 0 amide bonds. The molecule has 1 aliphatic rings. The summed E-state index contributed by atoms with van der Waals surface area (Å²) in [7, 11) is 0. The molecule has 0 unspecified atom stereocenters. The van der Waals surface area contributed by atoms with Gasteiger partial charge in [0.2, 0.25) is 0 Å². The maximum absolute atomic E-state index is 10.5. The maximum Gasteiger partial charge on any atom is 0.137 e. The summed E-state index contributed by atoms with van der Waals surface area (Å²) in [6, 6.07) is 9.74. The summed E-state index contributed by atoms with van der Waals surface area (Å²) < 4.78 is 11.0. The predicted molar refractivity (Wildman–Crippen MR) is 60.2 cm³/mol. The van der Waals surface area contributed by atoms with Crippen LogP contribution in [0.5, 0.6) is 0 Å². The molecular formula is C13H14O3. The first-order chi connectivity index (χ1) is 7.78. The quantitative estimate of drug-likeness (QED) is 0.799. The molecule has 1 fully saturated rings. The van der Waals surface area contributed by atoms with Crippen LogP contribution < -0.4 is 0 Å². The molecule has 3 heteroatoms. The average Bonchev–Trinajstić information content (AvgIpc) is 2.74. The minimum absolute atomic E-state index is 0.591. The Morgan fingerprint density at radius 1 is 1.12 bits per heavy atom. The second-order valence-corrected chi connectivity index (χ2v) is 4.29. The molecule has 2 heterocycles. The lowest BCUT2D eigenvalue weighted by molar-refractivity contribution is -0.0793. The van der Waals surface area contributed by atoms with Crippen LogP contribution in [0.4, 0.5) is 0 Å². The van der Waals surface area contributed by atoms with Gasteiger partial charge in [-0.15, -0.1) is 0 Å². The van der Waals surface area contributed by atoms with E-state index in [0.717, 1.165) is 11.0 Å². The van der Waals surface area contributed by atoms with Gasteiger partial charge >= 0.3 is 0 Å². The minimum Gasteiger partial charge on any atom is -0.458 e. The van der Waals surface area contributed by atoms with Crippen molar-refractivity contribution in [1.29, 1.82) is 0 Å². The number of furan rings is 1. The van der Waals surface area contributed by atoms with Crippen molar-refractivity contribution in [1.82, 2.24) is 0 Å². The zero-order valence-corrected chi connectivity index (χ0v) is 8.98. The number of ether oxygens (including phenoxy) is 1. The molecule has 1 aromatic carbocycles. The third-order valence-corrected chi connectivity index (χ3v) is 3.20.